The topological polar surface area (TPSA) is 46.2 Å². The predicted octanol–water partition coefficient (Wildman–Crippen LogP) is 3.96. The summed E-state index contributed by atoms with van der Waals surface area (Å²) in [4.78, 5) is 0.410. The molecule has 4 heteroatoms. The zero-order chi connectivity index (χ0) is 15.9. The van der Waals surface area contributed by atoms with Crippen LogP contribution in [-0.2, 0) is 9.84 Å². The smallest absolute Gasteiger partial charge is 0.175 e. The lowest BCUT2D eigenvalue weighted by atomic mass is 9.91. The molecule has 0 fully saturated rings. The van der Waals surface area contributed by atoms with Gasteiger partial charge in [0.15, 0.2) is 9.84 Å². The Labute approximate surface area is 130 Å². The van der Waals surface area contributed by atoms with E-state index in [2.05, 4.69) is 26.1 Å². The molecule has 21 heavy (non-hydrogen) atoms. The van der Waals surface area contributed by atoms with Gasteiger partial charge in [-0.2, -0.15) is 0 Å². The highest BCUT2D eigenvalue weighted by Crippen LogP contribution is 2.26. The molecule has 1 N–H and O–H groups in total. The van der Waals surface area contributed by atoms with Crippen LogP contribution in [0.25, 0.3) is 0 Å². The van der Waals surface area contributed by atoms with Gasteiger partial charge in [0.05, 0.1) is 4.90 Å². The van der Waals surface area contributed by atoms with Gasteiger partial charge in [-0.15, -0.1) is 0 Å². The highest BCUT2D eigenvalue weighted by atomic mass is 32.2. The maximum atomic E-state index is 11.7. The van der Waals surface area contributed by atoms with Gasteiger partial charge in [0.1, 0.15) is 0 Å². The van der Waals surface area contributed by atoms with Crippen LogP contribution in [-0.4, -0.2) is 21.2 Å². The van der Waals surface area contributed by atoms with E-state index in [1.54, 1.807) is 6.07 Å². The van der Waals surface area contributed by atoms with Crippen molar-refractivity contribution in [2.75, 3.05) is 12.8 Å². The van der Waals surface area contributed by atoms with Crippen LogP contribution >= 0.6 is 0 Å². The molecule has 1 atom stereocenters. The first-order valence-electron chi connectivity index (χ1n) is 7.95. The fourth-order valence-electron chi connectivity index (χ4n) is 2.57. The molecule has 0 amide bonds. The number of sulfone groups is 1. The van der Waals surface area contributed by atoms with Gasteiger partial charge in [-0.1, -0.05) is 45.7 Å². The van der Waals surface area contributed by atoms with Crippen LogP contribution in [0, 0.1) is 5.92 Å². The number of benzene rings is 1. The Morgan fingerprint density at radius 1 is 1.14 bits per heavy atom. The van der Waals surface area contributed by atoms with Crippen LogP contribution in [0.2, 0.25) is 0 Å². The van der Waals surface area contributed by atoms with E-state index < -0.39 is 9.84 Å². The first-order valence-corrected chi connectivity index (χ1v) is 9.84. The van der Waals surface area contributed by atoms with Crippen LogP contribution < -0.4 is 5.32 Å². The van der Waals surface area contributed by atoms with Gasteiger partial charge in [-0.05, 0) is 43.0 Å². The lowest BCUT2D eigenvalue weighted by Gasteiger charge is -2.24. The van der Waals surface area contributed by atoms with Gasteiger partial charge in [-0.25, -0.2) is 8.42 Å². The van der Waals surface area contributed by atoms with Gasteiger partial charge in [0.25, 0.3) is 0 Å². The number of hydrogen-bond acceptors (Lipinski definition) is 3. The molecule has 1 unspecified atom stereocenters. The van der Waals surface area contributed by atoms with Crippen molar-refractivity contribution in [3.8, 4) is 0 Å². The molecule has 0 aliphatic rings. The summed E-state index contributed by atoms with van der Waals surface area (Å²) in [6, 6.07) is 7.61. The lowest BCUT2D eigenvalue weighted by Crippen LogP contribution is -2.24. The molecule has 0 aliphatic heterocycles. The average molecular weight is 311 g/mol. The van der Waals surface area contributed by atoms with E-state index in [-0.39, 0.29) is 6.04 Å². The Morgan fingerprint density at radius 3 is 2.33 bits per heavy atom. The fraction of sp³-hybridized carbons (Fsp3) is 0.647. The first kappa shape index (κ1) is 18.2. The van der Waals surface area contributed by atoms with Crippen molar-refractivity contribution in [1.29, 1.82) is 0 Å². The van der Waals surface area contributed by atoms with E-state index in [4.69, 9.17) is 0 Å². The third-order valence-electron chi connectivity index (χ3n) is 4.05. The van der Waals surface area contributed by atoms with Gasteiger partial charge in [0.2, 0.25) is 0 Å². The molecule has 0 bridgehead atoms. The minimum Gasteiger partial charge on any atom is -0.310 e. The van der Waals surface area contributed by atoms with Crippen molar-refractivity contribution in [2.24, 2.45) is 5.92 Å². The van der Waals surface area contributed by atoms with E-state index in [1.165, 1.54) is 6.26 Å². The molecular weight excluding hydrogens is 282 g/mol. The Hall–Kier alpha value is -0.870. The van der Waals surface area contributed by atoms with E-state index in [1.807, 2.05) is 18.2 Å². The van der Waals surface area contributed by atoms with Gasteiger partial charge in [0, 0.05) is 12.3 Å². The number of hydrogen-bond donors (Lipinski definition) is 1. The molecule has 1 aromatic carbocycles. The van der Waals surface area contributed by atoms with Gasteiger partial charge >= 0.3 is 0 Å². The van der Waals surface area contributed by atoms with Crippen molar-refractivity contribution in [1.82, 2.24) is 5.32 Å². The van der Waals surface area contributed by atoms with Crippen molar-refractivity contribution in [3.05, 3.63) is 29.8 Å². The highest BCUT2D eigenvalue weighted by molar-refractivity contribution is 7.90. The second-order valence-corrected chi connectivity index (χ2v) is 7.79. The molecule has 0 aromatic heterocycles. The molecule has 120 valence electrons. The Kier molecular flexibility index (Phi) is 7.40. The summed E-state index contributed by atoms with van der Waals surface area (Å²) in [5.74, 6) is 0.668. The normalized spacial score (nSPS) is 13.6. The van der Waals surface area contributed by atoms with Crippen molar-refractivity contribution < 1.29 is 8.42 Å². The largest absolute Gasteiger partial charge is 0.310 e. The SMILES string of the molecule is CCCNC(CC(CC)CC)c1cccc(S(C)(=O)=O)c1. The van der Waals surface area contributed by atoms with Crippen LogP contribution in [0.4, 0.5) is 0 Å². The molecular formula is C17H29NO2S. The zero-order valence-corrected chi connectivity index (χ0v) is 14.5. The molecule has 0 heterocycles. The number of nitrogens with one attached hydrogen (secondary N) is 1. The minimum atomic E-state index is -3.15. The minimum absolute atomic E-state index is 0.233. The Balaban J connectivity index is 3.02. The highest BCUT2D eigenvalue weighted by Gasteiger charge is 2.17. The Morgan fingerprint density at radius 2 is 1.81 bits per heavy atom. The summed E-state index contributed by atoms with van der Waals surface area (Å²) in [6.45, 7) is 7.54. The fourth-order valence-corrected chi connectivity index (χ4v) is 3.25. The van der Waals surface area contributed by atoms with Gasteiger partial charge < -0.3 is 5.32 Å². The molecule has 0 radical (unpaired) electrons. The van der Waals surface area contributed by atoms with Crippen molar-refractivity contribution in [2.45, 2.75) is 57.4 Å². The molecule has 0 aliphatic carbocycles. The molecule has 3 nitrogen and oxygen atoms in total. The standard InChI is InChI=1S/C17H29NO2S/c1-5-11-18-17(12-14(6-2)7-3)15-9-8-10-16(13-15)21(4,19)20/h8-10,13-14,17-18H,5-7,11-12H2,1-4H3. The number of rotatable bonds is 9. The Bertz CT molecular complexity index is 521. The molecule has 0 saturated carbocycles. The van der Waals surface area contributed by atoms with Crippen molar-refractivity contribution in [3.63, 3.8) is 0 Å². The lowest BCUT2D eigenvalue weighted by molar-refractivity contribution is 0.371. The molecule has 1 aromatic rings. The maximum absolute atomic E-state index is 11.7. The third kappa shape index (κ3) is 5.79. The summed E-state index contributed by atoms with van der Waals surface area (Å²) in [5, 5.41) is 3.57. The molecule has 1 rings (SSSR count). The summed E-state index contributed by atoms with van der Waals surface area (Å²) in [7, 11) is -3.15. The first-order chi connectivity index (χ1) is 9.92. The van der Waals surface area contributed by atoms with E-state index in [0.29, 0.717) is 10.8 Å². The van der Waals surface area contributed by atoms with Crippen molar-refractivity contribution >= 4 is 9.84 Å². The average Bonchev–Trinajstić information content (AvgIpc) is 2.47. The molecule has 0 spiro atoms. The summed E-state index contributed by atoms with van der Waals surface area (Å²) >= 11 is 0. The summed E-state index contributed by atoms with van der Waals surface area (Å²) < 4.78 is 23.5. The predicted molar refractivity (Wildman–Crippen MR) is 89.3 cm³/mol. The molecule has 0 saturated heterocycles. The van der Waals surface area contributed by atoms with Gasteiger partial charge in [-0.3, -0.25) is 0 Å². The van der Waals surface area contributed by atoms with E-state index in [0.717, 1.165) is 37.8 Å². The third-order valence-corrected chi connectivity index (χ3v) is 5.16. The van der Waals surface area contributed by atoms with Crippen LogP contribution in [0.5, 0.6) is 0 Å². The van der Waals surface area contributed by atoms with Crippen LogP contribution in [0.15, 0.2) is 29.2 Å². The van der Waals surface area contributed by atoms with Crippen LogP contribution in [0.3, 0.4) is 0 Å². The second kappa shape index (κ2) is 8.54. The quantitative estimate of drug-likeness (QED) is 0.751. The monoisotopic (exact) mass is 311 g/mol. The second-order valence-electron chi connectivity index (χ2n) is 5.77. The maximum Gasteiger partial charge on any atom is 0.175 e. The summed E-state index contributed by atoms with van der Waals surface area (Å²) in [6.07, 6.45) is 5.71. The van der Waals surface area contributed by atoms with E-state index in [9.17, 15) is 8.42 Å². The van der Waals surface area contributed by atoms with E-state index >= 15 is 0 Å². The zero-order valence-electron chi connectivity index (χ0n) is 13.7. The summed E-state index contributed by atoms with van der Waals surface area (Å²) in [5.41, 5.74) is 1.08. The van der Waals surface area contributed by atoms with Crippen LogP contribution in [0.1, 0.15) is 58.1 Å².